The molecule has 21 heavy (non-hydrogen) atoms. The fraction of sp³-hybridized carbons (Fsp3) is 0.882. The molecule has 0 aliphatic heterocycles. The summed E-state index contributed by atoms with van der Waals surface area (Å²) in [5.74, 6) is -0.251. The quantitative estimate of drug-likeness (QED) is 0.787. The van der Waals surface area contributed by atoms with Crippen molar-refractivity contribution in [3.63, 3.8) is 0 Å². The maximum Gasteiger partial charge on any atom is 0.306 e. The van der Waals surface area contributed by atoms with Crippen molar-refractivity contribution in [1.29, 1.82) is 0 Å². The minimum absolute atomic E-state index is 0.122. The lowest BCUT2D eigenvalue weighted by Gasteiger charge is -2.43. The van der Waals surface area contributed by atoms with Crippen LogP contribution in [0.5, 0.6) is 0 Å². The molecule has 3 saturated carbocycles. The highest BCUT2D eigenvalue weighted by Gasteiger charge is 2.50. The largest absolute Gasteiger partial charge is 0.481 e. The Balaban J connectivity index is 1.57. The molecular weight excluding hydrogens is 268 g/mol. The van der Waals surface area contributed by atoms with Crippen LogP contribution in [-0.2, 0) is 9.59 Å². The first-order valence-corrected chi connectivity index (χ1v) is 8.53. The van der Waals surface area contributed by atoms with Crippen molar-refractivity contribution in [3.05, 3.63) is 0 Å². The average Bonchev–Trinajstić information content (AvgIpc) is 3.18. The minimum Gasteiger partial charge on any atom is -0.481 e. The van der Waals surface area contributed by atoms with Crippen molar-refractivity contribution >= 4 is 11.9 Å². The summed E-state index contributed by atoms with van der Waals surface area (Å²) in [4.78, 5) is 22.4. The van der Waals surface area contributed by atoms with E-state index in [0.717, 1.165) is 18.3 Å². The van der Waals surface area contributed by atoms with Crippen LogP contribution in [0, 0.1) is 35.5 Å². The summed E-state index contributed by atoms with van der Waals surface area (Å²) in [5, 5.41) is 18.4. The number of carbonyl (C=O) groups is 2. The third-order valence-corrected chi connectivity index (χ3v) is 6.31. The summed E-state index contributed by atoms with van der Waals surface area (Å²) in [5.41, 5.74) is 0. The van der Waals surface area contributed by atoms with Crippen molar-refractivity contribution < 1.29 is 19.8 Å². The summed E-state index contributed by atoms with van der Waals surface area (Å²) >= 11 is 0. The Kier molecular flexibility index (Phi) is 4.23. The summed E-state index contributed by atoms with van der Waals surface area (Å²) in [6.07, 6.45) is 10.2. The highest BCUT2D eigenvalue weighted by Crippen LogP contribution is 2.50. The van der Waals surface area contributed by atoms with Crippen LogP contribution in [0.4, 0.5) is 0 Å². The highest BCUT2D eigenvalue weighted by atomic mass is 16.4. The standard InChI is InChI=1S/C17H26O4/c18-16(19)13(14-9-15(14)17(20)21)8-7-12-10-3-1-4-11(12)6-2-5-10/h10-15H,1-9H2,(H,18,19)(H,20,21). The number of fused-ring (bicyclic) bond motifs is 2. The second-order valence-corrected chi connectivity index (χ2v) is 7.41. The van der Waals surface area contributed by atoms with Gasteiger partial charge in [-0.3, -0.25) is 9.59 Å². The molecule has 0 heterocycles. The molecule has 0 radical (unpaired) electrons. The van der Waals surface area contributed by atoms with E-state index in [2.05, 4.69) is 0 Å². The van der Waals surface area contributed by atoms with Gasteiger partial charge in [-0.1, -0.05) is 38.5 Å². The normalized spacial score (nSPS) is 39.5. The number of carboxylic acids is 2. The maximum atomic E-state index is 11.5. The predicted octanol–water partition coefficient (Wildman–Crippen LogP) is 3.40. The summed E-state index contributed by atoms with van der Waals surface area (Å²) in [7, 11) is 0. The Labute approximate surface area is 125 Å². The van der Waals surface area contributed by atoms with Crippen molar-refractivity contribution in [1.82, 2.24) is 0 Å². The summed E-state index contributed by atoms with van der Waals surface area (Å²) in [6.45, 7) is 0. The maximum absolute atomic E-state index is 11.5. The zero-order valence-electron chi connectivity index (χ0n) is 12.5. The van der Waals surface area contributed by atoms with E-state index in [1.165, 1.54) is 38.5 Å². The fourth-order valence-electron chi connectivity index (χ4n) is 5.12. The smallest absolute Gasteiger partial charge is 0.306 e. The Hall–Kier alpha value is -1.06. The van der Waals surface area contributed by atoms with Gasteiger partial charge >= 0.3 is 11.9 Å². The Morgan fingerprint density at radius 2 is 1.57 bits per heavy atom. The molecule has 118 valence electrons. The number of aliphatic carboxylic acids is 2. The van der Waals surface area contributed by atoms with E-state index in [1.54, 1.807) is 0 Å². The van der Waals surface area contributed by atoms with Gasteiger partial charge in [-0.2, -0.15) is 0 Å². The van der Waals surface area contributed by atoms with Crippen LogP contribution in [0.1, 0.15) is 57.8 Å². The molecule has 3 unspecified atom stereocenters. The Bertz CT molecular complexity index is 397. The van der Waals surface area contributed by atoms with E-state index in [9.17, 15) is 14.7 Å². The highest BCUT2D eigenvalue weighted by molar-refractivity contribution is 5.77. The Morgan fingerprint density at radius 1 is 1.00 bits per heavy atom. The van der Waals surface area contributed by atoms with E-state index in [-0.39, 0.29) is 5.92 Å². The molecule has 3 atom stereocenters. The summed E-state index contributed by atoms with van der Waals surface area (Å²) in [6, 6.07) is 0. The first-order chi connectivity index (χ1) is 10.1. The lowest BCUT2D eigenvalue weighted by atomic mass is 9.63. The van der Waals surface area contributed by atoms with Gasteiger partial charge in [-0.05, 0) is 42.9 Å². The van der Waals surface area contributed by atoms with Crippen LogP contribution in [0.25, 0.3) is 0 Å². The first kappa shape index (κ1) is 14.9. The molecule has 0 saturated heterocycles. The monoisotopic (exact) mass is 294 g/mol. The molecule has 3 aliphatic carbocycles. The van der Waals surface area contributed by atoms with Crippen LogP contribution in [0.15, 0.2) is 0 Å². The molecule has 0 amide bonds. The zero-order valence-corrected chi connectivity index (χ0v) is 12.5. The Morgan fingerprint density at radius 3 is 2.00 bits per heavy atom. The van der Waals surface area contributed by atoms with Crippen LogP contribution >= 0.6 is 0 Å². The molecular formula is C17H26O4. The van der Waals surface area contributed by atoms with Crippen LogP contribution < -0.4 is 0 Å². The van der Waals surface area contributed by atoms with Crippen LogP contribution in [-0.4, -0.2) is 22.2 Å². The average molecular weight is 294 g/mol. The van der Waals surface area contributed by atoms with Crippen molar-refractivity contribution in [2.45, 2.75) is 57.8 Å². The van der Waals surface area contributed by atoms with E-state index in [0.29, 0.717) is 18.8 Å². The molecule has 0 aromatic carbocycles. The van der Waals surface area contributed by atoms with Gasteiger partial charge < -0.3 is 10.2 Å². The third-order valence-electron chi connectivity index (χ3n) is 6.31. The molecule has 0 aromatic rings. The molecule has 3 aliphatic rings. The van der Waals surface area contributed by atoms with Crippen molar-refractivity contribution in [2.75, 3.05) is 0 Å². The molecule has 2 N–H and O–H groups in total. The molecule has 3 rings (SSSR count). The van der Waals surface area contributed by atoms with Crippen LogP contribution in [0.2, 0.25) is 0 Å². The molecule has 0 aromatic heterocycles. The molecule has 3 fully saturated rings. The van der Waals surface area contributed by atoms with Gasteiger partial charge in [0.05, 0.1) is 11.8 Å². The van der Waals surface area contributed by atoms with Gasteiger partial charge in [0.1, 0.15) is 0 Å². The van der Waals surface area contributed by atoms with E-state index in [4.69, 9.17) is 5.11 Å². The first-order valence-electron chi connectivity index (χ1n) is 8.53. The van der Waals surface area contributed by atoms with Crippen molar-refractivity contribution in [2.24, 2.45) is 35.5 Å². The lowest BCUT2D eigenvalue weighted by molar-refractivity contribution is -0.144. The van der Waals surface area contributed by atoms with Gasteiger partial charge in [0.2, 0.25) is 0 Å². The van der Waals surface area contributed by atoms with Gasteiger partial charge in [-0.15, -0.1) is 0 Å². The number of rotatable bonds is 6. The lowest BCUT2D eigenvalue weighted by Crippen LogP contribution is -2.33. The van der Waals surface area contributed by atoms with E-state index in [1.807, 2.05) is 0 Å². The zero-order chi connectivity index (χ0) is 15.0. The van der Waals surface area contributed by atoms with Crippen molar-refractivity contribution in [3.8, 4) is 0 Å². The number of hydrogen-bond acceptors (Lipinski definition) is 2. The van der Waals surface area contributed by atoms with Gasteiger partial charge in [-0.25, -0.2) is 0 Å². The third kappa shape index (κ3) is 3.09. The molecule has 4 heteroatoms. The SMILES string of the molecule is O=C(O)C(CCC1C2CCCC1CCC2)C1CC1C(=O)O. The fourth-order valence-corrected chi connectivity index (χ4v) is 5.12. The van der Waals surface area contributed by atoms with Gasteiger partial charge in [0.25, 0.3) is 0 Å². The molecule has 4 nitrogen and oxygen atoms in total. The van der Waals surface area contributed by atoms with Gasteiger partial charge in [0.15, 0.2) is 0 Å². The number of carboxylic acid groups (broad SMARTS) is 2. The predicted molar refractivity (Wildman–Crippen MR) is 77.8 cm³/mol. The number of hydrogen-bond donors (Lipinski definition) is 2. The topological polar surface area (TPSA) is 74.6 Å². The molecule has 2 bridgehead atoms. The van der Waals surface area contributed by atoms with Crippen LogP contribution in [0.3, 0.4) is 0 Å². The van der Waals surface area contributed by atoms with E-state index >= 15 is 0 Å². The second kappa shape index (κ2) is 5.98. The second-order valence-electron chi connectivity index (χ2n) is 7.41. The van der Waals surface area contributed by atoms with E-state index < -0.39 is 23.8 Å². The molecule has 0 spiro atoms. The summed E-state index contributed by atoms with van der Waals surface area (Å²) < 4.78 is 0. The minimum atomic E-state index is -0.819. The van der Waals surface area contributed by atoms with Gasteiger partial charge in [0, 0.05) is 0 Å².